The SMILES string of the molecule is CC(C)(CO)C1C2CCCC1CNC2. The molecule has 2 fully saturated rings. The summed E-state index contributed by atoms with van der Waals surface area (Å²) in [5, 5.41) is 13.0. The summed E-state index contributed by atoms with van der Waals surface area (Å²) in [5.74, 6) is 2.36. The van der Waals surface area contributed by atoms with Gasteiger partial charge in [0.05, 0.1) is 0 Å². The first-order valence-corrected chi connectivity index (χ1v) is 5.97. The summed E-state index contributed by atoms with van der Waals surface area (Å²) in [4.78, 5) is 0. The van der Waals surface area contributed by atoms with Crippen molar-refractivity contribution in [3.8, 4) is 0 Å². The highest BCUT2D eigenvalue weighted by atomic mass is 16.3. The molecule has 1 saturated carbocycles. The number of hydrogen-bond acceptors (Lipinski definition) is 2. The lowest BCUT2D eigenvalue weighted by Gasteiger charge is -2.50. The Hall–Kier alpha value is -0.0800. The smallest absolute Gasteiger partial charge is 0.0485 e. The maximum absolute atomic E-state index is 9.48. The molecule has 2 unspecified atom stereocenters. The summed E-state index contributed by atoms with van der Waals surface area (Å²) in [7, 11) is 0. The van der Waals surface area contributed by atoms with Crippen LogP contribution in [0.3, 0.4) is 0 Å². The lowest BCUT2D eigenvalue weighted by atomic mass is 9.59. The Kier molecular flexibility index (Phi) is 2.85. The summed E-state index contributed by atoms with van der Waals surface area (Å²) in [6.07, 6.45) is 4.12. The fourth-order valence-corrected chi connectivity index (χ4v) is 3.68. The molecule has 0 aromatic heterocycles. The minimum Gasteiger partial charge on any atom is -0.396 e. The molecule has 1 heterocycles. The average Bonchev–Trinajstić information content (AvgIpc) is 2.16. The molecule has 0 aromatic rings. The third-order valence-corrected chi connectivity index (χ3v) is 4.29. The molecule has 0 aromatic carbocycles. The molecule has 1 aliphatic heterocycles. The van der Waals surface area contributed by atoms with E-state index in [1.165, 1.54) is 32.4 Å². The second-order valence-electron chi connectivity index (χ2n) is 5.78. The maximum Gasteiger partial charge on any atom is 0.0485 e. The van der Waals surface area contributed by atoms with E-state index in [9.17, 15) is 5.11 Å². The minimum absolute atomic E-state index is 0.123. The van der Waals surface area contributed by atoms with E-state index < -0.39 is 0 Å². The van der Waals surface area contributed by atoms with E-state index in [4.69, 9.17) is 0 Å². The molecule has 2 aliphatic rings. The van der Waals surface area contributed by atoms with Crippen molar-refractivity contribution in [2.75, 3.05) is 19.7 Å². The van der Waals surface area contributed by atoms with E-state index in [1.807, 2.05) is 0 Å². The van der Waals surface area contributed by atoms with Gasteiger partial charge in [0.15, 0.2) is 0 Å². The average molecular weight is 197 g/mol. The third-order valence-electron chi connectivity index (χ3n) is 4.29. The van der Waals surface area contributed by atoms with Crippen LogP contribution < -0.4 is 5.32 Å². The van der Waals surface area contributed by atoms with Gasteiger partial charge in [0.2, 0.25) is 0 Å². The number of piperidine rings is 1. The Morgan fingerprint density at radius 1 is 1.21 bits per heavy atom. The fraction of sp³-hybridized carbons (Fsp3) is 1.00. The summed E-state index contributed by atoms with van der Waals surface area (Å²) in [6, 6.07) is 0. The number of hydrogen-bond donors (Lipinski definition) is 2. The normalized spacial score (nSPS) is 38.4. The van der Waals surface area contributed by atoms with Crippen LogP contribution in [0.4, 0.5) is 0 Å². The van der Waals surface area contributed by atoms with E-state index in [2.05, 4.69) is 19.2 Å². The zero-order chi connectivity index (χ0) is 10.2. The van der Waals surface area contributed by atoms with E-state index in [0.29, 0.717) is 6.61 Å². The lowest BCUT2D eigenvalue weighted by molar-refractivity contribution is -0.0211. The molecule has 2 nitrogen and oxygen atoms in total. The molecule has 0 amide bonds. The molecule has 2 rings (SSSR count). The van der Waals surface area contributed by atoms with Crippen molar-refractivity contribution < 1.29 is 5.11 Å². The van der Waals surface area contributed by atoms with Gasteiger partial charge >= 0.3 is 0 Å². The fourth-order valence-electron chi connectivity index (χ4n) is 3.68. The standard InChI is InChI=1S/C12H23NO/c1-12(2,8-14)11-9-4-3-5-10(11)7-13-6-9/h9-11,13-14H,3-8H2,1-2H3. The van der Waals surface area contributed by atoms with Crippen molar-refractivity contribution in [3.63, 3.8) is 0 Å². The zero-order valence-corrected chi connectivity index (χ0v) is 9.42. The lowest BCUT2D eigenvalue weighted by Crippen LogP contribution is -2.52. The van der Waals surface area contributed by atoms with Crippen LogP contribution in [0.1, 0.15) is 33.1 Å². The van der Waals surface area contributed by atoms with Crippen LogP contribution in [-0.4, -0.2) is 24.8 Å². The Balaban J connectivity index is 2.15. The predicted octanol–water partition coefficient (Wildman–Crippen LogP) is 1.64. The van der Waals surface area contributed by atoms with Crippen LogP contribution in [0.5, 0.6) is 0 Å². The van der Waals surface area contributed by atoms with Crippen LogP contribution >= 0.6 is 0 Å². The van der Waals surface area contributed by atoms with E-state index >= 15 is 0 Å². The Bertz CT molecular complexity index is 180. The second-order valence-corrected chi connectivity index (χ2v) is 5.78. The highest BCUT2D eigenvalue weighted by Crippen LogP contribution is 2.46. The molecule has 2 bridgehead atoms. The summed E-state index contributed by atoms with van der Waals surface area (Å²) < 4.78 is 0. The topological polar surface area (TPSA) is 32.3 Å². The van der Waals surface area contributed by atoms with E-state index in [0.717, 1.165) is 17.8 Å². The summed E-state index contributed by atoms with van der Waals surface area (Å²) >= 11 is 0. The van der Waals surface area contributed by atoms with Gasteiger partial charge in [-0.15, -0.1) is 0 Å². The largest absolute Gasteiger partial charge is 0.396 e. The van der Waals surface area contributed by atoms with E-state index in [1.54, 1.807) is 0 Å². The third kappa shape index (κ3) is 1.70. The minimum atomic E-state index is 0.123. The van der Waals surface area contributed by atoms with Gasteiger partial charge in [0.25, 0.3) is 0 Å². The highest BCUT2D eigenvalue weighted by molar-refractivity contribution is 4.95. The Morgan fingerprint density at radius 2 is 1.79 bits per heavy atom. The van der Waals surface area contributed by atoms with Gasteiger partial charge in [0, 0.05) is 6.61 Å². The molecule has 82 valence electrons. The first-order chi connectivity index (χ1) is 6.65. The molecule has 1 aliphatic carbocycles. The van der Waals surface area contributed by atoms with Gasteiger partial charge in [-0.25, -0.2) is 0 Å². The molecule has 0 spiro atoms. The van der Waals surface area contributed by atoms with Crippen LogP contribution in [0.25, 0.3) is 0 Å². The zero-order valence-electron chi connectivity index (χ0n) is 9.42. The molecule has 2 N–H and O–H groups in total. The van der Waals surface area contributed by atoms with Crippen molar-refractivity contribution in [2.45, 2.75) is 33.1 Å². The van der Waals surface area contributed by atoms with Crippen molar-refractivity contribution in [3.05, 3.63) is 0 Å². The molecular formula is C12H23NO. The Morgan fingerprint density at radius 3 is 2.29 bits per heavy atom. The first-order valence-electron chi connectivity index (χ1n) is 5.97. The van der Waals surface area contributed by atoms with E-state index in [-0.39, 0.29) is 5.41 Å². The van der Waals surface area contributed by atoms with Crippen LogP contribution in [0.2, 0.25) is 0 Å². The molecular weight excluding hydrogens is 174 g/mol. The van der Waals surface area contributed by atoms with Crippen LogP contribution in [0, 0.1) is 23.2 Å². The second kappa shape index (κ2) is 3.82. The number of fused-ring (bicyclic) bond motifs is 2. The van der Waals surface area contributed by atoms with Gasteiger partial charge in [-0.2, -0.15) is 0 Å². The maximum atomic E-state index is 9.48. The van der Waals surface area contributed by atoms with Crippen molar-refractivity contribution in [2.24, 2.45) is 23.2 Å². The number of nitrogens with one attached hydrogen (secondary N) is 1. The van der Waals surface area contributed by atoms with Gasteiger partial charge in [-0.3, -0.25) is 0 Å². The van der Waals surface area contributed by atoms with Crippen molar-refractivity contribution >= 4 is 0 Å². The number of aliphatic hydroxyl groups is 1. The van der Waals surface area contributed by atoms with Crippen molar-refractivity contribution in [1.82, 2.24) is 5.32 Å². The molecule has 2 heteroatoms. The number of aliphatic hydroxyl groups excluding tert-OH is 1. The van der Waals surface area contributed by atoms with Crippen LogP contribution in [-0.2, 0) is 0 Å². The summed E-state index contributed by atoms with van der Waals surface area (Å²) in [6.45, 7) is 7.14. The quantitative estimate of drug-likeness (QED) is 0.705. The molecule has 2 atom stereocenters. The molecule has 1 saturated heterocycles. The summed E-state index contributed by atoms with van der Waals surface area (Å²) in [5.41, 5.74) is 0.123. The Labute approximate surface area is 87.1 Å². The predicted molar refractivity (Wildman–Crippen MR) is 58.1 cm³/mol. The first kappa shape index (κ1) is 10.4. The van der Waals surface area contributed by atoms with Gasteiger partial charge in [-0.1, -0.05) is 20.3 Å². The van der Waals surface area contributed by atoms with Crippen molar-refractivity contribution in [1.29, 1.82) is 0 Å². The van der Waals surface area contributed by atoms with Gasteiger partial charge < -0.3 is 10.4 Å². The van der Waals surface area contributed by atoms with Gasteiger partial charge in [0.1, 0.15) is 0 Å². The van der Waals surface area contributed by atoms with Crippen LogP contribution in [0.15, 0.2) is 0 Å². The molecule has 14 heavy (non-hydrogen) atoms. The molecule has 0 radical (unpaired) electrons. The number of rotatable bonds is 2. The van der Waals surface area contributed by atoms with Gasteiger partial charge in [-0.05, 0) is 49.1 Å². The highest BCUT2D eigenvalue weighted by Gasteiger charge is 2.44. The monoisotopic (exact) mass is 197 g/mol.